The van der Waals surface area contributed by atoms with E-state index in [-0.39, 0.29) is 5.91 Å². The van der Waals surface area contributed by atoms with Gasteiger partial charge in [0.1, 0.15) is 5.01 Å². The first-order valence-corrected chi connectivity index (χ1v) is 8.74. The minimum Gasteiger partial charge on any atom is -0.326 e. The Bertz CT molecular complexity index is 847. The molecule has 0 spiro atoms. The van der Waals surface area contributed by atoms with Crippen molar-refractivity contribution in [2.75, 3.05) is 5.32 Å². The smallest absolute Gasteiger partial charge is 0.229 e. The summed E-state index contributed by atoms with van der Waals surface area (Å²) in [6, 6.07) is 18.0. The number of hydrogen-bond acceptors (Lipinski definition) is 3. The Hall–Kier alpha value is -2.46. The highest BCUT2D eigenvalue weighted by Crippen LogP contribution is 2.30. The van der Waals surface area contributed by atoms with E-state index in [2.05, 4.69) is 17.4 Å². The second kappa shape index (κ2) is 6.57. The van der Waals surface area contributed by atoms with E-state index >= 15 is 0 Å². The van der Waals surface area contributed by atoms with Gasteiger partial charge < -0.3 is 5.32 Å². The van der Waals surface area contributed by atoms with Gasteiger partial charge in [-0.2, -0.15) is 0 Å². The first-order chi connectivity index (χ1) is 11.4. The maximum atomic E-state index is 12.1. The number of benzene rings is 2. The minimum absolute atomic E-state index is 0.00269. The van der Waals surface area contributed by atoms with E-state index in [0.717, 1.165) is 27.5 Å². The van der Waals surface area contributed by atoms with Crippen molar-refractivity contribution in [3.8, 4) is 21.8 Å². The molecule has 0 aliphatic rings. The van der Waals surface area contributed by atoms with Crippen LogP contribution in [-0.2, 0) is 4.79 Å². The normalized spacial score (nSPS) is 11.3. The Labute approximate surface area is 146 Å². The molecule has 0 unspecified atom stereocenters. The van der Waals surface area contributed by atoms with Crippen LogP contribution in [0.5, 0.6) is 0 Å². The van der Waals surface area contributed by atoms with E-state index in [1.807, 2.05) is 68.6 Å². The third-order valence-corrected chi connectivity index (χ3v) is 4.51. The number of anilines is 1. The molecule has 3 nitrogen and oxygen atoms in total. The van der Waals surface area contributed by atoms with Crippen molar-refractivity contribution in [1.82, 2.24) is 4.98 Å². The Kier molecular flexibility index (Phi) is 4.49. The van der Waals surface area contributed by atoms with Gasteiger partial charge >= 0.3 is 0 Å². The van der Waals surface area contributed by atoms with Crippen molar-refractivity contribution in [2.45, 2.75) is 20.8 Å². The van der Waals surface area contributed by atoms with Crippen molar-refractivity contribution in [2.24, 2.45) is 5.41 Å². The summed E-state index contributed by atoms with van der Waals surface area (Å²) in [6.07, 6.45) is 0. The molecule has 0 radical (unpaired) electrons. The predicted molar refractivity (Wildman–Crippen MR) is 101 cm³/mol. The molecule has 0 bridgehead atoms. The lowest BCUT2D eigenvalue weighted by Gasteiger charge is -2.17. The fourth-order valence-electron chi connectivity index (χ4n) is 2.19. The molecule has 3 aromatic rings. The molecule has 122 valence electrons. The minimum atomic E-state index is -0.420. The molecule has 0 aliphatic heterocycles. The molecule has 2 aromatic carbocycles. The second-order valence-electron chi connectivity index (χ2n) is 6.69. The Morgan fingerprint density at radius 3 is 2.42 bits per heavy atom. The van der Waals surface area contributed by atoms with E-state index in [9.17, 15) is 4.79 Å². The van der Waals surface area contributed by atoms with Gasteiger partial charge in [-0.3, -0.25) is 4.79 Å². The summed E-state index contributed by atoms with van der Waals surface area (Å²) in [5.41, 5.74) is 3.41. The van der Waals surface area contributed by atoms with Gasteiger partial charge in [-0.15, -0.1) is 11.3 Å². The number of rotatable bonds is 3. The average molecular weight is 336 g/mol. The largest absolute Gasteiger partial charge is 0.326 e. The van der Waals surface area contributed by atoms with Crippen LogP contribution in [0, 0.1) is 5.41 Å². The van der Waals surface area contributed by atoms with Gasteiger partial charge in [0.25, 0.3) is 0 Å². The molecule has 0 saturated heterocycles. The maximum Gasteiger partial charge on any atom is 0.229 e. The van der Waals surface area contributed by atoms with Crippen LogP contribution >= 0.6 is 11.3 Å². The topological polar surface area (TPSA) is 42.0 Å². The van der Waals surface area contributed by atoms with E-state index in [1.165, 1.54) is 0 Å². The maximum absolute atomic E-state index is 12.1. The summed E-state index contributed by atoms with van der Waals surface area (Å²) < 4.78 is 0. The number of nitrogens with zero attached hydrogens (tertiary/aromatic N) is 1. The van der Waals surface area contributed by atoms with Gasteiger partial charge in [-0.05, 0) is 12.1 Å². The first-order valence-electron chi connectivity index (χ1n) is 7.86. The van der Waals surface area contributed by atoms with Crippen LogP contribution in [-0.4, -0.2) is 10.9 Å². The summed E-state index contributed by atoms with van der Waals surface area (Å²) in [6.45, 7) is 5.70. The predicted octanol–water partition coefficient (Wildman–Crippen LogP) is 5.46. The van der Waals surface area contributed by atoms with Gasteiger partial charge in [-0.25, -0.2) is 4.98 Å². The van der Waals surface area contributed by atoms with Crippen molar-refractivity contribution in [3.05, 3.63) is 60.0 Å². The summed E-state index contributed by atoms with van der Waals surface area (Å²) >= 11 is 1.62. The highest BCUT2D eigenvalue weighted by molar-refractivity contribution is 7.13. The number of hydrogen-bond donors (Lipinski definition) is 1. The molecule has 3 rings (SSSR count). The number of thiazole rings is 1. The van der Waals surface area contributed by atoms with Crippen LogP contribution < -0.4 is 5.32 Å². The highest BCUT2D eigenvalue weighted by atomic mass is 32.1. The molecule has 0 saturated carbocycles. The molecular formula is C20H20N2OS. The lowest BCUT2D eigenvalue weighted by Crippen LogP contribution is -2.27. The third-order valence-electron chi connectivity index (χ3n) is 3.62. The van der Waals surface area contributed by atoms with Crippen LogP contribution in [0.25, 0.3) is 21.8 Å². The van der Waals surface area contributed by atoms with Crippen LogP contribution in [0.4, 0.5) is 5.69 Å². The molecule has 1 aromatic heterocycles. The molecular weight excluding hydrogens is 316 g/mol. The van der Waals surface area contributed by atoms with Gasteiger partial charge in [0.05, 0.1) is 5.69 Å². The molecule has 4 heteroatoms. The zero-order valence-electron chi connectivity index (χ0n) is 14.0. The average Bonchev–Trinajstić information content (AvgIpc) is 3.05. The van der Waals surface area contributed by atoms with E-state index in [0.29, 0.717) is 0 Å². The number of aromatic nitrogens is 1. The summed E-state index contributed by atoms with van der Waals surface area (Å²) in [5.74, 6) is 0.00269. The molecule has 0 fully saturated rings. The van der Waals surface area contributed by atoms with Crippen molar-refractivity contribution in [3.63, 3.8) is 0 Å². The van der Waals surface area contributed by atoms with Crippen molar-refractivity contribution in [1.29, 1.82) is 0 Å². The third kappa shape index (κ3) is 3.71. The summed E-state index contributed by atoms with van der Waals surface area (Å²) in [5, 5.41) is 6.01. The lowest BCUT2D eigenvalue weighted by atomic mass is 9.95. The molecule has 1 N–H and O–H groups in total. The number of amides is 1. The molecule has 1 amide bonds. The first kappa shape index (κ1) is 16.4. The fraction of sp³-hybridized carbons (Fsp3) is 0.200. The fourth-order valence-corrected chi connectivity index (χ4v) is 3.03. The van der Waals surface area contributed by atoms with Crippen LogP contribution in [0.15, 0.2) is 60.0 Å². The second-order valence-corrected chi connectivity index (χ2v) is 7.55. The van der Waals surface area contributed by atoms with Crippen LogP contribution in [0.2, 0.25) is 0 Å². The molecule has 0 atom stereocenters. The van der Waals surface area contributed by atoms with Gasteiger partial charge in [-0.1, -0.05) is 63.2 Å². The Balaban J connectivity index is 1.85. The number of nitrogens with one attached hydrogen (secondary N) is 1. The van der Waals surface area contributed by atoms with Crippen LogP contribution in [0.3, 0.4) is 0 Å². The zero-order chi connectivity index (χ0) is 17.2. The SMILES string of the molecule is CC(C)(C)C(=O)Nc1cccc(-c2csc(-c3ccccc3)n2)c1. The van der Waals surface area contributed by atoms with E-state index in [4.69, 9.17) is 4.98 Å². The monoisotopic (exact) mass is 336 g/mol. The Morgan fingerprint density at radius 1 is 1.00 bits per heavy atom. The number of carbonyl (C=O) groups excluding carboxylic acids is 1. The molecule has 24 heavy (non-hydrogen) atoms. The summed E-state index contributed by atoms with van der Waals surface area (Å²) in [4.78, 5) is 16.9. The Morgan fingerprint density at radius 2 is 1.71 bits per heavy atom. The van der Waals surface area contributed by atoms with E-state index in [1.54, 1.807) is 11.3 Å². The van der Waals surface area contributed by atoms with E-state index < -0.39 is 5.41 Å². The quantitative estimate of drug-likeness (QED) is 0.690. The highest BCUT2D eigenvalue weighted by Gasteiger charge is 2.21. The molecule has 0 aliphatic carbocycles. The number of carbonyl (C=O) groups is 1. The van der Waals surface area contributed by atoms with Crippen molar-refractivity contribution < 1.29 is 4.79 Å². The van der Waals surface area contributed by atoms with Gasteiger partial charge in [0.15, 0.2) is 0 Å². The van der Waals surface area contributed by atoms with Crippen molar-refractivity contribution >= 4 is 22.9 Å². The zero-order valence-corrected chi connectivity index (χ0v) is 14.9. The standard InChI is InChI=1S/C20H20N2OS/c1-20(2,3)19(23)21-16-11-7-10-15(12-16)17-13-24-18(22-17)14-8-5-4-6-9-14/h4-13H,1-3H3,(H,21,23). The van der Waals surface area contributed by atoms with Crippen LogP contribution in [0.1, 0.15) is 20.8 Å². The van der Waals surface area contributed by atoms with Gasteiger partial charge in [0, 0.05) is 27.6 Å². The van der Waals surface area contributed by atoms with Gasteiger partial charge in [0.2, 0.25) is 5.91 Å². The summed E-state index contributed by atoms with van der Waals surface area (Å²) in [7, 11) is 0. The lowest BCUT2D eigenvalue weighted by molar-refractivity contribution is -0.123. The molecule has 1 heterocycles.